The third-order valence-electron chi connectivity index (χ3n) is 3.62. The Morgan fingerprint density at radius 2 is 2.10 bits per heavy atom. The highest BCUT2D eigenvalue weighted by Crippen LogP contribution is 2.22. The van der Waals surface area contributed by atoms with Gasteiger partial charge in [-0.2, -0.15) is 0 Å². The van der Waals surface area contributed by atoms with Crippen LogP contribution in [-0.2, 0) is 6.54 Å². The summed E-state index contributed by atoms with van der Waals surface area (Å²) in [7, 11) is 1.63. The number of carbonyl (C=O) groups is 1. The normalized spacial score (nSPS) is 15.7. The molecule has 0 heterocycles. The lowest BCUT2D eigenvalue weighted by Crippen LogP contribution is -2.42. The van der Waals surface area contributed by atoms with Gasteiger partial charge in [-0.1, -0.05) is 35.2 Å². The predicted molar refractivity (Wildman–Crippen MR) is 82.9 cm³/mol. The number of carbonyl (C=O) groups excluding carboxylic acids is 1. The summed E-state index contributed by atoms with van der Waals surface area (Å²) in [6.07, 6.45) is 5.89. The lowest BCUT2D eigenvalue weighted by atomic mass is 9.96. The van der Waals surface area contributed by atoms with Crippen LogP contribution in [-0.4, -0.2) is 19.2 Å². The van der Waals surface area contributed by atoms with Gasteiger partial charge in [0.2, 0.25) is 0 Å². The fourth-order valence-electron chi connectivity index (χ4n) is 2.54. The zero-order valence-electron chi connectivity index (χ0n) is 11.7. The molecule has 110 valence electrons. The highest BCUT2D eigenvalue weighted by molar-refractivity contribution is 9.10. The van der Waals surface area contributed by atoms with E-state index in [1.54, 1.807) is 7.11 Å². The molecule has 0 unspecified atom stereocenters. The third kappa shape index (κ3) is 4.40. The van der Waals surface area contributed by atoms with E-state index >= 15 is 0 Å². The number of rotatable bonds is 4. The van der Waals surface area contributed by atoms with Gasteiger partial charge in [-0.25, -0.2) is 4.79 Å². The van der Waals surface area contributed by atoms with Crippen molar-refractivity contribution in [2.45, 2.75) is 44.7 Å². The zero-order valence-corrected chi connectivity index (χ0v) is 13.3. The van der Waals surface area contributed by atoms with Crippen LogP contribution in [0.25, 0.3) is 0 Å². The molecule has 20 heavy (non-hydrogen) atoms. The predicted octanol–water partition coefficient (Wildman–Crippen LogP) is 3.59. The van der Waals surface area contributed by atoms with E-state index in [1.807, 2.05) is 18.2 Å². The molecular formula is C15H21BrN2O2. The van der Waals surface area contributed by atoms with Crippen LogP contribution >= 0.6 is 15.9 Å². The summed E-state index contributed by atoms with van der Waals surface area (Å²) in [6, 6.07) is 6.00. The van der Waals surface area contributed by atoms with Crippen LogP contribution in [0.5, 0.6) is 5.75 Å². The first kappa shape index (κ1) is 15.2. The summed E-state index contributed by atoms with van der Waals surface area (Å²) < 4.78 is 6.26. The van der Waals surface area contributed by atoms with Crippen LogP contribution in [0.15, 0.2) is 22.7 Å². The van der Waals surface area contributed by atoms with Crippen LogP contribution in [0, 0.1) is 0 Å². The number of ether oxygens (including phenoxy) is 1. The molecule has 2 N–H and O–H groups in total. The maximum atomic E-state index is 11.9. The average Bonchev–Trinajstić information content (AvgIpc) is 2.46. The zero-order chi connectivity index (χ0) is 14.4. The molecule has 1 aromatic carbocycles. The van der Waals surface area contributed by atoms with Crippen molar-refractivity contribution in [3.8, 4) is 5.75 Å². The van der Waals surface area contributed by atoms with Crippen LogP contribution in [0.1, 0.15) is 37.7 Å². The van der Waals surface area contributed by atoms with Gasteiger partial charge < -0.3 is 15.4 Å². The Bertz CT molecular complexity index is 459. The van der Waals surface area contributed by atoms with Gasteiger partial charge in [0.1, 0.15) is 5.75 Å². The first-order valence-electron chi connectivity index (χ1n) is 7.06. The first-order valence-corrected chi connectivity index (χ1v) is 7.85. The Balaban J connectivity index is 1.84. The summed E-state index contributed by atoms with van der Waals surface area (Å²) in [5.41, 5.74) is 0.959. The van der Waals surface area contributed by atoms with E-state index in [9.17, 15) is 4.79 Å². The molecule has 1 fully saturated rings. The maximum Gasteiger partial charge on any atom is 0.315 e. The molecule has 2 rings (SSSR count). The molecule has 0 atom stereocenters. The Hall–Kier alpha value is -1.23. The second kappa shape index (κ2) is 7.53. The van der Waals surface area contributed by atoms with E-state index in [-0.39, 0.29) is 6.03 Å². The van der Waals surface area contributed by atoms with Crippen molar-refractivity contribution in [1.82, 2.24) is 10.6 Å². The molecule has 0 spiro atoms. The maximum absolute atomic E-state index is 11.9. The minimum Gasteiger partial charge on any atom is -0.496 e. The van der Waals surface area contributed by atoms with Crippen LogP contribution < -0.4 is 15.4 Å². The molecule has 0 aromatic heterocycles. The van der Waals surface area contributed by atoms with Crippen molar-refractivity contribution in [2.75, 3.05) is 7.11 Å². The summed E-state index contributed by atoms with van der Waals surface area (Å²) in [4.78, 5) is 11.9. The summed E-state index contributed by atoms with van der Waals surface area (Å²) in [6.45, 7) is 0.459. The molecule has 4 nitrogen and oxygen atoms in total. The Labute approximate surface area is 128 Å². The molecule has 0 radical (unpaired) electrons. The van der Waals surface area contributed by atoms with E-state index in [1.165, 1.54) is 19.3 Å². The Morgan fingerprint density at radius 1 is 1.35 bits per heavy atom. The molecule has 1 aliphatic carbocycles. The van der Waals surface area contributed by atoms with Gasteiger partial charge in [0.05, 0.1) is 7.11 Å². The topological polar surface area (TPSA) is 50.4 Å². The lowest BCUT2D eigenvalue weighted by molar-refractivity contribution is 0.232. The summed E-state index contributed by atoms with van der Waals surface area (Å²) >= 11 is 3.43. The van der Waals surface area contributed by atoms with Gasteiger partial charge >= 0.3 is 6.03 Å². The smallest absolute Gasteiger partial charge is 0.315 e. The van der Waals surface area contributed by atoms with Crippen molar-refractivity contribution in [3.63, 3.8) is 0 Å². The second-order valence-corrected chi connectivity index (χ2v) is 6.03. The minimum absolute atomic E-state index is 0.0982. The van der Waals surface area contributed by atoms with Gasteiger partial charge in [-0.3, -0.25) is 0 Å². The molecule has 1 saturated carbocycles. The Kier molecular flexibility index (Phi) is 5.71. The highest BCUT2D eigenvalue weighted by atomic mass is 79.9. The van der Waals surface area contributed by atoms with Crippen LogP contribution in [0.2, 0.25) is 0 Å². The van der Waals surface area contributed by atoms with E-state index in [0.29, 0.717) is 12.6 Å². The monoisotopic (exact) mass is 340 g/mol. The summed E-state index contributed by atoms with van der Waals surface area (Å²) in [5, 5.41) is 5.94. The summed E-state index contributed by atoms with van der Waals surface area (Å²) in [5.74, 6) is 0.783. The highest BCUT2D eigenvalue weighted by Gasteiger charge is 2.15. The molecule has 5 heteroatoms. The number of amides is 2. The van der Waals surface area contributed by atoms with Gasteiger partial charge in [-0.05, 0) is 31.0 Å². The van der Waals surface area contributed by atoms with Gasteiger partial charge in [0.15, 0.2) is 0 Å². The quantitative estimate of drug-likeness (QED) is 0.879. The van der Waals surface area contributed by atoms with Crippen molar-refractivity contribution >= 4 is 22.0 Å². The standard InChI is InChI=1S/C15H21BrN2O2/c1-20-14-8-7-12(16)9-11(14)10-17-15(19)18-13-5-3-2-4-6-13/h7-9,13H,2-6,10H2,1H3,(H2,17,18,19). The van der Waals surface area contributed by atoms with E-state index < -0.39 is 0 Å². The molecule has 1 aromatic rings. The van der Waals surface area contributed by atoms with Crippen molar-refractivity contribution < 1.29 is 9.53 Å². The number of methoxy groups -OCH3 is 1. The minimum atomic E-state index is -0.0982. The van der Waals surface area contributed by atoms with Crippen molar-refractivity contribution in [2.24, 2.45) is 0 Å². The number of benzene rings is 1. The number of halogens is 1. The molecule has 2 amide bonds. The van der Waals surface area contributed by atoms with Gasteiger partial charge in [0, 0.05) is 22.6 Å². The third-order valence-corrected chi connectivity index (χ3v) is 4.12. The van der Waals surface area contributed by atoms with Crippen molar-refractivity contribution in [3.05, 3.63) is 28.2 Å². The fraction of sp³-hybridized carbons (Fsp3) is 0.533. The van der Waals surface area contributed by atoms with Crippen LogP contribution in [0.4, 0.5) is 4.79 Å². The lowest BCUT2D eigenvalue weighted by Gasteiger charge is -2.23. The largest absolute Gasteiger partial charge is 0.496 e. The first-order chi connectivity index (χ1) is 9.69. The van der Waals surface area contributed by atoms with Gasteiger partial charge in [0.25, 0.3) is 0 Å². The fourth-order valence-corrected chi connectivity index (χ4v) is 2.95. The Morgan fingerprint density at radius 3 is 2.80 bits per heavy atom. The van der Waals surface area contributed by atoms with Crippen LogP contribution in [0.3, 0.4) is 0 Å². The molecule has 1 aliphatic rings. The second-order valence-electron chi connectivity index (χ2n) is 5.12. The van der Waals surface area contributed by atoms with E-state index in [4.69, 9.17) is 4.74 Å². The van der Waals surface area contributed by atoms with E-state index in [2.05, 4.69) is 26.6 Å². The van der Waals surface area contributed by atoms with Gasteiger partial charge in [-0.15, -0.1) is 0 Å². The number of hydrogen-bond donors (Lipinski definition) is 2. The molecular weight excluding hydrogens is 320 g/mol. The SMILES string of the molecule is COc1ccc(Br)cc1CNC(=O)NC1CCCCC1. The van der Waals surface area contributed by atoms with E-state index in [0.717, 1.165) is 28.6 Å². The number of urea groups is 1. The van der Waals surface area contributed by atoms with Crippen molar-refractivity contribution in [1.29, 1.82) is 0 Å². The number of hydrogen-bond acceptors (Lipinski definition) is 2. The molecule has 0 saturated heterocycles. The molecule has 0 bridgehead atoms. The molecule has 0 aliphatic heterocycles. The average molecular weight is 341 g/mol. The number of nitrogens with one attached hydrogen (secondary N) is 2.